The number of rotatable bonds is 3. The van der Waals surface area contributed by atoms with E-state index in [-0.39, 0.29) is 5.41 Å². The predicted octanol–water partition coefficient (Wildman–Crippen LogP) is 3.88. The number of thiophene rings is 1. The predicted molar refractivity (Wildman–Crippen MR) is 83.8 cm³/mol. The third-order valence-electron chi connectivity index (χ3n) is 3.87. The molecular formula is C14H18ClN3OS. The number of aromatic nitrogens is 2. The second kappa shape index (κ2) is 5.47. The number of hydrogen-bond acceptors (Lipinski definition) is 5. The van der Waals surface area contributed by atoms with Gasteiger partial charge < -0.3 is 10.1 Å². The van der Waals surface area contributed by atoms with Crippen LogP contribution < -0.4 is 5.32 Å². The highest BCUT2D eigenvalue weighted by atomic mass is 35.5. The van der Waals surface area contributed by atoms with Crippen LogP contribution in [0.25, 0.3) is 10.2 Å². The average molecular weight is 312 g/mol. The van der Waals surface area contributed by atoms with Crippen LogP contribution in [-0.4, -0.2) is 29.7 Å². The van der Waals surface area contributed by atoms with Gasteiger partial charge in [0.2, 0.25) is 5.28 Å². The Balaban J connectivity index is 1.83. The summed E-state index contributed by atoms with van der Waals surface area (Å²) in [6, 6.07) is 2.12. The summed E-state index contributed by atoms with van der Waals surface area (Å²) in [4.78, 5) is 10.8. The van der Waals surface area contributed by atoms with E-state index in [4.69, 9.17) is 16.3 Å². The largest absolute Gasteiger partial charge is 0.381 e. The highest BCUT2D eigenvalue weighted by Gasteiger charge is 2.27. The lowest BCUT2D eigenvalue weighted by Crippen LogP contribution is -2.33. The Morgan fingerprint density at radius 1 is 1.40 bits per heavy atom. The van der Waals surface area contributed by atoms with Crippen LogP contribution in [0.5, 0.6) is 0 Å². The van der Waals surface area contributed by atoms with Gasteiger partial charge in [0.1, 0.15) is 10.6 Å². The normalized spacial score (nSPS) is 18.4. The minimum Gasteiger partial charge on any atom is -0.381 e. The van der Waals surface area contributed by atoms with Gasteiger partial charge in [-0.05, 0) is 42.8 Å². The molecule has 108 valence electrons. The molecule has 1 aliphatic rings. The van der Waals surface area contributed by atoms with Crippen LogP contribution in [0.15, 0.2) is 6.07 Å². The molecule has 1 aliphatic heterocycles. The van der Waals surface area contributed by atoms with Crippen molar-refractivity contribution in [1.82, 2.24) is 9.97 Å². The minimum atomic E-state index is 0.257. The minimum absolute atomic E-state index is 0.257. The van der Waals surface area contributed by atoms with Crippen molar-refractivity contribution in [2.75, 3.05) is 25.1 Å². The summed E-state index contributed by atoms with van der Waals surface area (Å²) in [7, 11) is 0. The second-order valence-corrected chi connectivity index (χ2v) is 7.27. The lowest BCUT2D eigenvalue weighted by molar-refractivity contribution is 0.0300. The summed E-state index contributed by atoms with van der Waals surface area (Å²) in [6.07, 6.45) is 2.15. The molecule has 0 atom stereocenters. The molecule has 0 saturated carbocycles. The van der Waals surface area contributed by atoms with E-state index in [1.54, 1.807) is 11.3 Å². The molecule has 1 N–H and O–H groups in total. The SMILES string of the molecule is Cc1cc2c(NCC3(C)CCOCC3)nc(Cl)nc2s1. The lowest BCUT2D eigenvalue weighted by atomic mass is 9.82. The Morgan fingerprint density at radius 3 is 2.90 bits per heavy atom. The van der Waals surface area contributed by atoms with Crippen molar-refractivity contribution in [3.8, 4) is 0 Å². The number of nitrogens with zero attached hydrogens (tertiary/aromatic N) is 2. The van der Waals surface area contributed by atoms with Crippen molar-refractivity contribution >= 4 is 39.0 Å². The van der Waals surface area contributed by atoms with Gasteiger partial charge in [0.25, 0.3) is 0 Å². The van der Waals surface area contributed by atoms with E-state index in [2.05, 4.69) is 35.2 Å². The quantitative estimate of drug-likeness (QED) is 0.874. The molecule has 3 heterocycles. The fraction of sp³-hybridized carbons (Fsp3) is 0.571. The second-order valence-electron chi connectivity index (χ2n) is 5.69. The number of aryl methyl sites for hydroxylation is 1. The highest BCUT2D eigenvalue weighted by molar-refractivity contribution is 7.18. The Bertz CT molecular complexity index is 622. The molecule has 0 spiro atoms. The molecule has 1 fully saturated rings. The molecule has 4 nitrogen and oxygen atoms in total. The summed E-state index contributed by atoms with van der Waals surface area (Å²) in [6.45, 7) is 6.93. The summed E-state index contributed by atoms with van der Waals surface area (Å²) in [5.41, 5.74) is 0.257. The first kappa shape index (κ1) is 14.0. The lowest BCUT2D eigenvalue weighted by Gasteiger charge is -2.33. The molecule has 0 bridgehead atoms. The Morgan fingerprint density at radius 2 is 2.15 bits per heavy atom. The van der Waals surface area contributed by atoms with Gasteiger partial charge in [-0.1, -0.05) is 6.92 Å². The number of ether oxygens (including phenoxy) is 1. The van der Waals surface area contributed by atoms with Crippen molar-refractivity contribution < 1.29 is 4.74 Å². The van der Waals surface area contributed by atoms with Crippen LogP contribution in [0, 0.1) is 12.3 Å². The number of nitrogens with one attached hydrogen (secondary N) is 1. The summed E-state index contributed by atoms with van der Waals surface area (Å²) in [5.74, 6) is 0.845. The zero-order valence-electron chi connectivity index (χ0n) is 11.7. The van der Waals surface area contributed by atoms with E-state index < -0.39 is 0 Å². The molecule has 6 heteroatoms. The summed E-state index contributed by atoms with van der Waals surface area (Å²) in [5, 5.41) is 4.83. The smallest absolute Gasteiger partial charge is 0.225 e. The first-order chi connectivity index (χ1) is 9.56. The van der Waals surface area contributed by atoms with Crippen LogP contribution in [-0.2, 0) is 4.74 Å². The number of hydrogen-bond donors (Lipinski definition) is 1. The molecule has 0 aliphatic carbocycles. The molecule has 0 amide bonds. The van der Waals surface area contributed by atoms with Gasteiger partial charge in [-0.2, -0.15) is 0 Å². The molecule has 2 aromatic heterocycles. The topological polar surface area (TPSA) is 47.0 Å². The van der Waals surface area contributed by atoms with Gasteiger partial charge in [0.05, 0.1) is 5.39 Å². The van der Waals surface area contributed by atoms with Crippen molar-refractivity contribution in [3.05, 3.63) is 16.2 Å². The maximum absolute atomic E-state index is 6.01. The van der Waals surface area contributed by atoms with E-state index in [1.165, 1.54) is 4.88 Å². The van der Waals surface area contributed by atoms with Crippen LogP contribution in [0.3, 0.4) is 0 Å². The number of fused-ring (bicyclic) bond motifs is 1. The fourth-order valence-electron chi connectivity index (χ4n) is 2.49. The van der Waals surface area contributed by atoms with E-state index in [0.717, 1.165) is 48.6 Å². The molecule has 0 radical (unpaired) electrons. The molecule has 0 aromatic carbocycles. The van der Waals surface area contributed by atoms with Gasteiger partial charge in [-0.15, -0.1) is 11.3 Å². The third-order valence-corrected chi connectivity index (χ3v) is 4.98. The van der Waals surface area contributed by atoms with Crippen LogP contribution in [0.1, 0.15) is 24.6 Å². The number of halogens is 1. The van der Waals surface area contributed by atoms with Crippen molar-refractivity contribution in [1.29, 1.82) is 0 Å². The maximum atomic E-state index is 6.01. The Hall–Kier alpha value is -0.910. The van der Waals surface area contributed by atoms with Gasteiger partial charge in [0.15, 0.2) is 0 Å². The fourth-order valence-corrected chi connectivity index (χ4v) is 3.59. The zero-order valence-corrected chi connectivity index (χ0v) is 13.3. The van der Waals surface area contributed by atoms with Crippen molar-refractivity contribution in [3.63, 3.8) is 0 Å². The maximum Gasteiger partial charge on any atom is 0.225 e. The Kier molecular flexibility index (Phi) is 3.84. The first-order valence-electron chi connectivity index (χ1n) is 6.81. The summed E-state index contributed by atoms with van der Waals surface area (Å²) < 4.78 is 5.44. The van der Waals surface area contributed by atoms with Gasteiger partial charge in [-0.3, -0.25) is 0 Å². The van der Waals surface area contributed by atoms with E-state index in [1.807, 2.05) is 0 Å². The standard InChI is InChI=1S/C14H18ClN3OS/c1-9-7-10-11(17-13(15)18-12(10)20-9)16-8-14(2)3-5-19-6-4-14/h7H,3-6,8H2,1-2H3,(H,16,17,18). The van der Waals surface area contributed by atoms with Crippen LogP contribution in [0.4, 0.5) is 5.82 Å². The zero-order chi connectivity index (χ0) is 14.2. The first-order valence-corrected chi connectivity index (χ1v) is 8.01. The average Bonchev–Trinajstić information content (AvgIpc) is 2.77. The van der Waals surface area contributed by atoms with E-state index >= 15 is 0 Å². The molecular weight excluding hydrogens is 294 g/mol. The van der Waals surface area contributed by atoms with Gasteiger partial charge in [-0.25, -0.2) is 9.97 Å². The highest BCUT2D eigenvalue weighted by Crippen LogP contribution is 2.33. The molecule has 3 rings (SSSR count). The van der Waals surface area contributed by atoms with Crippen molar-refractivity contribution in [2.45, 2.75) is 26.7 Å². The van der Waals surface area contributed by atoms with Crippen LogP contribution in [0.2, 0.25) is 5.28 Å². The third kappa shape index (κ3) is 2.90. The number of anilines is 1. The molecule has 20 heavy (non-hydrogen) atoms. The monoisotopic (exact) mass is 311 g/mol. The summed E-state index contributed by atoms with van der Waals surface area (Å²) >= 11 is 7.66. The Labute approximate surface area is 127 Å². The molecule has 0 unspecified atom stereocenters. The van der Waals surface area contributed by atoms with Gasteiger partial charge in [0, 0.05) is 24.6 Å². The van der Waals surface area contributed by atoms with E-state index in [0.29, 0.717) is 5.28 Å². The van der Waals surface area contributed by atoms with E-state index in [9.17, 15) is 0 Å². The van der Waals surface area contributed by atoms with Crippen molar-refractivity contribution in [2.24, 2.45) is 5.41 Å². The molecule has 1 saturated heterocycles. The van der Waals surface area contributed by atoms with Gasteiger partial charge >= 0.3 is 0 Å². The molecule has 2 aromatic rings. The van der Waals surface area contributed by atoms with Crippen LogP contribution >= 0.6 is 22.9 Å².